The zero-order chi connectivity index (χ0) is 23.2. The number of benzene rings is 3. The Labute approximate surface area is 203 Å². The summed E-state index contributed by atoms with van der Waals surface area (Å²) in [5.74, 6) is 0.839. The number of nitrogens with one attached hydrogen (secondary N) is 2. The van der Waals surface area contributed by atoms with Crippen LogP contribution in [0.25, 0.3) is 17.1 Å². The van der Waals surface area contributed by atoms with Crippen molar-refractivity contribution in [3.63, 3.8) is 0 Å². The molecule has 0 saturated heterocycles. The number of aromatic nitrogens is 3. The van der Waals surface area contributed by atoms with Crippen LogP contribution in [-0.2, 0) is 4.79 Å². The zero-order valence-corrected chi connectivity index (χ0v) is 20.1. The standard InChI is InChI=1S/C24H20BrN5O2S/c1-16(18-8-5-9-21(31)14-18)26-27-22(32)15-33-24-29-28-23(17-6-3-2-4-7-17)30(24)20-12-10-19(25)11-13-20/h2-14H,15H2,1H3,(H2,27,31,32)/p+1. The van der Waals surface area contributed by atoms with E-state index in [0.29, 0.717) is 10.9 Å². The summed E-state index contributed by atoms with van der Waals surface area (Å²) in [7, 11) is 0. The van der Waals surface area contributed by atoms with Crippen LogP contribution in [0.3, 0.4) is 0 Å². The lowest BCUT2D eigenvalue weighted by atomic mass is 10.1. The predicted octanol–water partition coefficient (Wildman–Crippen LogP) is 4.45. The number of nitrogens with zero attached hydrogens (tertiary/aromatic N) is 3. The summed E-state index contributed by atoms with van der Waals surface area (Å²) in [4.78, 5) is 12.4. The maximum atomic E-state index is 12.4. The van der Waals surface area contributed by atoms with Gasteiger partial charge >= 0.3 is 5.16 Å². The smallest absolute Gasteiger partial charge is 0.342 e. The van der Waals surface area contributed by atoms with E-state index in [2.05, 4.69) is 36.7 Å². The summed E-state index contributed by atoms with van der Waals surface area (Å²) >= 11 is 4.78. The Kier molecular flexibility index (Phi) is 7.21. The third-order valence-electron chi connectivity index (χ3n) is 4.75. The number of aromatic hydroxyl groups is 1. The first-order chi connectivity index (χ1) is 16.0. The number of hydrogen-bond donors (Lipinski definition) is 3. The van der Waals surface area contributed by atoms with E-state index < -0.39 is 0 Å². The highest BCUT2D eigenvalue weighted by Gasteiger charge is 2.24. The summed E-state index contributed by atoms with van der Waals surface area (Å²) in [5, 5.41) is 22.0. The molecule has 0 aliphatic heterocycles. The highest BCUT2D eigenvalue weighted by molar-refractivity contribution is 9.10. The van der Waals surface area contributed by atoms with E-state index in [1.54, 1.807) is 25.1 Å². The van der Waals surface area contributed by atoms with E-state index in [-0.39, 0.29) is 17.4 Å². The number of carbonyl (C=O) groups is 1. The molecule has 3 N–H and O–H groups in total. The van der Waals surface area contributed by atoms with Gasteiger partial charge in [-0.2, -0.15) is 9.67 Å². The molecule has 0 fully saturated rings. The van der Waals surface area contributed by atoms with Gasteiger partial charge in [-0.3, -0.25) is 4.79 Å². The zero-order valence-electron chi connectivity index (χ0n) is 17.7. The number of halogens is 1. The third-order valence-corrected chi connectivity index (χ3v) is 6.22. The molecule has 0 aliphatic carbocycles. The van der Waals surface area contributed by atoms with Gasteiger partial charge in [0, 0.05) is 10.0 Å². The van der Waals surface area contributed by atoms with Gasteiger partial charge in [0.15, 0.2) is 0 Å². The highest BCUT2D eigenvalue weighted by atomic mass is 79.9. The molecular formula is C24H21BrN5O2S+. The minimum atomic E-state index is -0.258. The average Bonchev–Trinajstić information content (AvgIpc) is 3.26. The summed E-state index contributed by atoms with van der Waals surface area (Å²) in [5.41, 5.74) is 5.80. The Balaban J connectivity index is 1.52. The van der Waals surface area contributed by atoms with Gasteiger partial charge in [0.05, 0.1) is 22.1 Å². The van der Waals surface area contributed by atoms with Gasteiger partial charge in [0.25, 0.3) is 11.7 Å². The third kappa shape index (κ3) is 5.68. The Morgan fingerprint density at radius 1 is 1.12 bits per heavy atom. The molecule has 0 aliphatic rings. The van der Waals surface area contributed by atoms with E-state index in [4.69, 9.17) is 0 Å². The van der Waals surface area contributed by atoms with Crippen molar-refractivity contribution < 1.29 is 14.5 Å². The topological polar surface area (TPSA) is 94.2 Å². The van der Waals surface area contributed by atoms with Crippen LogP contribution in [-0.4, -0.2) is 32.7 Å². The van der Waals surface area contributed by atoms with Crippen LogP contribution in [0.15, 0.2) is 93.6 Å². The molecule has 4 aromatic rings. The van der Waals surface area contributed by atoms with Gasteiger partial charge in [-0.05, 0) is 67.2 Å². The lowest BCUT2D eigenvalue weighted by molar-refractivity contribution is -0.625. The van der Waals surface area contributed by atoms with Crippen LogP contribution < -0.4 is 9.99 Å². The van der Waals surface area contributed by atoms with Crippen LogP contribution in [0.5, 0.6) is 5.75 Å². The minimum absolute atomic E-state index is 0.131. The van der Waals surface area contributed by atoms with Crippen molar-refractivity contribution in [2.24, 2.45) is 5.10 Å². The van der Waals surface area contributed by atoms with Crippen LogP contribution in [0.1, 0.15) is 12.5 Å². The summed E-state index contributed by atoms with van der Waals surface area (Å²) in [6.07, 6.45) is 0. The SMILES string of the molecule is CC(=NNC(=O)CSc1n[nH]c(-c2ccccc2)[n+]1-c1ccc(Br)cc1)c1cccc(O)c1. The fourth-order valence-electron chi connectivity index (χ4n) is 3.12. The van der Waals surface area contributed by atoms with Crippen molar-refractivity contribution in [1.82, 2.24) is 15.6 Å². The van der Waals surface area contributed by atoms with E-state index in [9.17, 15) is 9.90 Å². The molecule has 0 spiro atoms. The largest absolute Gasteiger partial charge is 0.508 e. The fourth-order valence-corrected chi connectivity index (χ4v) is 4.14. The molecule has 3 aromatic carbocycles. The second-order valence-corrected chi connectivity index (χ2v) is 8.96. The van der Waals surface area contributed by atoms with Gasteiger partial charge in [-0.15, -0.1) is 5.10 Å². The maximum absolute atomic E-state index is 12.4. The van der Waals surface area contributed by atoms with Crippen LogP contribution >= 0.6 is 27.7 Å². The molecule has 1 heterocycles. The van der Waals surface area contributed by atoms with Crippen LogP contribution in [0, 0.1) is 0 Å². The molecule has 1 aromatic heterocycles. The van der Waals surface area contributed by atoms with Crippen molar-refractivity contribution in [3.8, 4) is 22.8 Å². The number of hydrazone groups is 1. The molecule has 33 heavy (non-hydrogen) atoms. The van der Waals surface area contributed by atoms with E-state index >= 15 is 0 Å². The first-order valence-electron chi connectivity index (χ1n) is 10.1. The number of H-pyrrole nitrogens is 1. The number of hydrogen-bond acceptors (Lipinski definition) is 5. The number of amides is 1. The van der Waals surface area contributed by atoms with E-state index in [1.807, 2.05) is 65.2 Å². The van der Waals surface area contributed by atoms with Crippen molar-refractivity contribution in [3.05, 3.63) is 88.9 Å². The van der Waals surface area contributed by atoms with Gasteiger partial charge in [0.1, 0.15) is 11.4 Å². The van der Waals surface area contributed by atoms with Crippen molar-refractivity contribution in [1.29, 1.82) is 0 Å². The first kappa shape index (κ1) is 22.8. The molecule has 7 nitrogen and oxygen atoms in total. The number of carbonyl (C=O) groups excluding carboxylic acids is 1. The van der Waals surface area contributed by atoms with Crippen LogP contribution in [0.2, 0.25) is 0 Å². The summed E-state index contributed by atoms with van der Waals surface area (Å²) in [6.45, 7) is 1.77. The Morgan fingerprint density at radius 2 is 1.88 bits per heavy atom. The van der Waals surface area contributed by atoms with Crippen LogP contribution in [0.4, 0.5) is 0 Å². The van der Waals surface area contributed by atoms with Gasteiger partial charge in [-0.1, -0.05) is 46.3 Å². The van der Waals surface area contributed by atoms with E-state index in [0.717, 1.165) is 27.1 Å². The molecule has 0 atom stereocenters. The summed E-state index contributed by atoms with van der Waals surface area (Å²) in [6, 6.07) is 24.5. The number of phenols is 1. The van der Waals surface area contributed by atoms with Crippen molar-refractivity contribution >= 4 is 39.3 Å². The minimum Gasteiger partial charge on any atom is -0.508 e. The van der Waals surface area contributed by atoms with Gasteiger partial charge in [0.2, 0.25) is 0 Å². The molecule has 0 saturated carbocycles. The Hall–Kier alpha value is -3.43. The maximum Gasteiger partial charge on any atom is 0.342 e. The molecule has 0 unspecified atom stereocenters. The highest BCUT2D eigenvalue weighted by Crippen LogP contribution is 2.21. The summed E-state index contributed by atoms with van der Waals surface area (Å²) < 4.78 is 2.96. The fraction of sp³-hybridized carbons (Fsp3) is 0.0833. The predicted molar refractivity (Wildman–Crippen MR) is 132 cm³/mol. The number of aromatic amines is 1. The Morgan fingerprint density at radius 3 is 2.61 bits per heavy atom. The number of rotatable bonds is 7. The van der Waals surface area contributed by atoms with Gasteiger partial charge in [-0.25, -0.2) is 5.43 Å². The number of thioether (sulfide) groups is 1. The second-order valence-electron chi connectivity index (χ2n) is 7.10. The van der Waals surface area contributed by atoms with Crippen molar-refractivity contribution in [2.45, 2.75) is 12.1 Å². The van der Waals surface area contributed by atoms with Gasteiger partial charge < -0.3 is 5.11 Å². The van der Waals surface area contributed by atoms with E-state index in [1.165, 1.54) is 11.8 Å². The monoisotopic (exact) mass is 522 g/mol. The molecule has 4 rings (SSSR count). The average molecular weight is 523 g/mol. The lowest BCUT2D eigenvalue weighted by Crippen LogP contribution is -2.34. The molecule has 0 bridgehead atoms. The number of phenolic OH excluding ortho intramolecular Hbond substituents is 1. The molecule has 1 amide bonds. The molecule has 9 heteroatoms. The lowest BCUT2D eigenvalue weighted by Gasteiger charge is -2.05. The normalized spacial score (nSPS) is 11.4. The first-order valence-corrected chi connectivity index (χ1v) is 11.9. The molecule has 0 radical (unpaired) electrons. The molecular weight excluding hydrogens is 502 g/mol. The molecule has 166 valence electrons. The Bertz CT molecular complexity index is 1290. The quantitative estimate of drug-likeness (QED) is 0.144. The van der Waals surface area contributed by atoms with Crippen molar-refractivity contribution in [2.75, 3.05) is 5.75 Å². The second kappa shape index (κ2) is 10.5.